The molecule has 1 aliphatic heterocycles. The highest BCUT2D eigenvalue weighted by Gasteiger charge is 2.54. The molecule has 7 heteroatoms. The van der Waals surface area contributed by atoms with Crippen molar-refractivity contribution in [2.75, 3.05) is 27.3 Å². The number of amides is 2. The van der Waals surface area contributed by atoms with Crippen LogP contribution in [0.4, 0.5) is 0 Å². The molecule has 26 heavy (non-hydrogen) atoms. The maximum Gasteiger partial charge on any atom is 0.265 e. The van der Waals surface area contributed by atoms with Crippen molar-refractivity contribution in [3.8, 4) is 17.6 Å². The van der Waals surface area contributed by atoms with Crippen LogP contribution >= 0.6 is 0 Å². The summed E-state index contributed by atoms with van der Waals surface area (Å²) in [5.41, 5.74) is -0.226. The van der Waals surface area contributed by atoms with Gasteiger partial charge in [-0.15, -0.1) is 0 Å². The molecule has 1 aromatic carbocycles. The predicted molar refractivity (Wildman–Crippen MR) is 93.9 cm³/mol. The lowest BCUT2D eigenvalue weighted by atomic mass is 10.1. The minimum Gasteiger partial charge on any atom is -0.497 e. The minimum absolute atomic E-state index is 0.266. The summed E-state index contributed by atoms with van der Waals surface area (Å²) < 4.78 is 10.5. The molecule has 1 heterocycles. The zero-order chi connectivity index (χ0) is 18.7. The van der Waals surface area contributed by atoms with E-state index in [0.29, 0.717) is 49.4 Å². The van der Waals surface area contributed by atoms with Gasteiger partial charge in [0, 0.05) is 24.7 Å². The summed E-state index contributed by atoms with van der Waals surface area (Å²) in [5.74, 6) is 0.707. The molecule has 2 amide bonds. The van der Waals surface area contributed by atoms with E-state index in [1.54, 1.807) is 38.5 Å². The third-order valence-electron chi connectivity index (χ3n) is 4.74. The fourth-order valence-electron chi connectivity index (χ4n) is 3.01. The number of carbonyl (C=O) groups excluding carboxylic acids is 2. The smallest absolute Gasteiger partial charge is 0.265 e. The fourth-order valence-corrected chi connectivity index (χ4v) is 3.01. The van der Waals surface area contributed by atoms with Gasteiger partial charge < -0.3 is 9.47 Å². The molecule has 2 fully saturated rings. The molecule has 1 saturated carbocycles. The number of hydrogen-bond acceptors (Lipinski definition) is 5. The summed E-state index contributed by atoms with van der Waals surface area (Å²) in [7, 11) is 3.12. The van der Waals surface area contributed by atoms with Gasteiger partial charge in [0.25, 0.3) is 11.8 Å². The Labute approximate surface area is 152 Å². The van der Waals surface area contributed by atoms with Crippen LogP contribution in [0.25, 0.3) is 6.08 Å². The second-order valence-electron chi connectivity index (χ2n) is 6.38. The van der Waals surface area contributed by atoms with Crippen molar-refractivity contribution in [2.24, 2.45) is 5.41 Å². The molecule has 1 aromatic rings. The molecular weight excluding hydrogens is 334 g/mol. The van der Waals surface area contributed by atoms with Crippen LogP contribution in [0.5, 0.6) is 11.5 Å². The summed E-state index contributed by atoms with van der Waals surface area (Å²) in [4.78, 5) is 25.2. The number of ether oxygens (including phenoxy) is 2. The molecule has 0 radical (unpaired) electrons. The molecule has 136 valence electrons. The topological polar surface area (TPSA) is 82.9 Å². The highest BCUT2D eigenvalue weighted by atomic mass is 16.5. The maximum atomic E-state index is 12.6. The summed E-state index contributed by atoms with van der Waals surface area (Å²) in [6.45, 7) is 0.927. The van der Waals surface area contributed by atoms with Crippen LogP contribution in [0.3, 0.4) is 0 Å². The van der Waals surface area contributed by atoms with Gasteiger partial charge in [-0.1, -0.05) is 0 Å². The Bertz CT molecular complexity index is 792. The summed E-state index contributed by atoms with van der Waals surface area (Å²) in [6.07, 6.45) is 4.89. The highest BCUT2D eigenvalue weighted by molar-refractivity contribution is 5.95. The summed E-state index contributed by atoms with van der Waals surface area (Å²) in [6, 6.07) is 7.40. The number of rotatable bonds is 5. The molecule has 0 N–H and O–H groups in total. The zero-order valence-corrected chi connectivity index (χ0v) is 14.9. The van der Waals surface area contributed by atoms with Gasteiger partial charge >= 0.3 is 0 Å². The standard InChI is InChI=1S/C19H21N3O4/c1-25-15-5-6-16(26-2)14(12-15)4-7-17(23)21-10-3-11-22(21)18(24)19(13-20)8-9-19/h4-7,12H,3,8-11H2,1-2H3/b7-4+. The Hall–Kier alpha value is -3.01. The molecular formula is C19H21N3O4. The Morgan fingerprint density at radius 1 is 1.19 bits per heavy atom. The minimum atomic E-state index is -0.928. The van der Waals surface area contributed by atoms with Crippen LogP contribution in [-0.4, -0.2) is 49.1 Å². The van der Waals surface area contributed by atoms with Crippen molar-refractivity contribution < 1.29 is 19.1 Å². The molecule has 0 unspecified atom stereocenters. The van der Waals surface area contributed by atoms with E-state index in [1.165, 1.54) is 16.1 Å². The van der Waals surface area contributed by atoms with Crippen molar-refractivity contribution in [3.63, 3.8) is 0 Å². The average Bonchev–Trinajstić information content (AvgIpc) is 3.33. The van der Waals surface area contributed by atoms with Crippen molar-refractivity contribution >= 4 is 17.9 Å². The van der Waals surface area contributed by atoms with Gasteiger partial charge in [-0.2, -0.15) is 5.26 Å². The number of hydrazine groups is 1. The second-order valence-corrected chi connectivity index (χ2v) is 6.38. The van der Waals surface area contributed by atoms with Gasteiger partial charge in [0.1, 0.15) is 16.9 Å². The van der Waals surface area contributed by atoms with Crippen LogP contribution < -0.4 is 9.47 Å². The third-order valence-corrected chi connectivity index (χ3v) is 4.74. The molecule has 2 aliphatic rings. The number of nitriles is 1. The van der Waals surface area contributed by atoms with Crippen molar-refractivity contribution in [3.05, 3.63) is 29.8 Å². The van der Waals surface area contributed by atoms with Crippen LogP contribution in [0.15, 0.2) is 24.3 Å². The zero-order valence-electron chi connectivity index (χ0n) is 14.9. The quantitative estimate of drug-likeness (QED) is 0.755. The van der Waals surface area contributed by atoms with E-state index in [4.69, 9.17) is 9.47 Å². The van der Waals surface area contributed by atoms with Crippen LogP contribution in [0.1, 0.15) is 24.8 Å². The van der Waals surface area contributed by atoms with Gasteiger partial charge in [0.15, 0.2) is 0 Å². The van der Waals surface area contributed by atoms with Crippen molar-refractivity contribution in [1.29, 1.82) is 5.26 Å². The van der Waals surface area contributed by atoms with Gasteiger partial charge in [0.05, 0.1) is 20.3 Å². The van der Waals surface area contributed by atoms with Gasteiger partial charge in [-0.05, 0) is 43.5 Å². The largest absolute Gasteiger partial charge is 0.497 e. The Balaban J connectivity index is 1.76. The fraction of sp³-hybridized carbons (Fsp3) is 0.421. The molecule has 1 aliphatic carbocycles. The molecule has 0 atom stereocenters. The van der Waals surface area contributed by atoms with E-state index in [-0.39, 0.29) is 11.8 Å². The van der Waals surface area contributed by atoms with Gasteiger partial charge in [-0.25, -0.2) is 10.0 Å². The van der Waals surface area contributed by atoms with E-state index in [2.05, 4.69) is 6.07 Å². The molecule has 0 bridgehead atoms. The molecule has 1 saturated heterocycles. The van der Waals surface area contributed by atoms with E-state index in [1.807, 2.05) is 0 Å². The number of benzene rings is 1. The predicted octanol–water partition coefficient (Wildman–Crippen LogP) is 2.00. The maximum absolute atomic E-state index is 12.6. The molecule has 0 spiro atoms. The highest BCUT2D eigenvalue weighted by Crippen LogP contribution is 2.47. The number of carbonyl (C=O) groups is 2. The first-order valence-corrected chi connectivity index (χ1v) is 8.49. The lowest BCUT2D eigenvalue weighted by molar-refractivity contribution is -0.157. The lowest BCUT2D eigenvalue weighted by Gasteiger charge is -2.28. The van der Waals surface area contributed by atoms with Gasteiger partial charge in [0.2, 0.25) is 0 Å². The first-order valence-electron chi connectivity index (χ1n) is 8.49. The Morgan fingerprint density at radius 2 is 1.92 bits per heavy atom. The van der Waals surface area contributed by atoms with E-state index in [0.717, 1.165) is 0 Å². The SMILES string of the molecule is COc1ccc(OC)c(/C=C/C(=O)N2CCCN2C(=O)C2(C#N)CC2)c1. The molecule has 0 aromatic heterocycles. The second kappa shape index (κ2) is 7.08. The number of hydrogen-bond donors (Lipinski definition) is 0. The van der Waals surface area contributed by atoms with Crippen molar-refractivity contribution in [2.45, 2.75) is 19.3 Å². The van der Waals surface area contributed by atoms with Gasteiger partial charge in [-0.3, -0.25) is 9.59 Å². The van der Waals surface area contributed by atoms with Crippen LogP contribution in [-0.2, 0) is 9.59 Å². The number of methoxy groups -OCH3 is 2. The van der Waals surface area contributed by atoms with Crippen LogP contribution in [0.2, 0.25) is 0 Å². The first kappa shape index (κ1) is 17.8. The average molecular weight is 355 g/mol. The van der Waals surface area contributed by atoms with E-state index < -0.39 is 5.41 Å². The van der Waals surface area contributed by atoms with Crippen LogP contribution in [0, 0.1) is 16.7 Å². The normalized spacial score (nSPS) is 17.9. The Morgan fingerprint density at radius 3 is 2.54 bits per heavy atom. The van der Waals surface area contributed by atoms with E-state index >= 15 is 0 Å². The van der Waals surface area contributed by atoms with E-state index in [9.17, 15) is 14.9 Å². The third kappa shape index (κ3) is 3.23. The lowest BCUT2D eigenvalue weighted by Crippen LogP contribution is -2.47. The van der Waals surface area contributed by atoms with Crippen molar-refractivity contribution in [1.82, 2.24) is 10.0 Å². The molecule has 7 nitrogen and oxygen atoms in total. The first-order chi connectivity index (χ1) is 12.5. The Kier molecular flexibility index (Phi) is 4.85. The number of nitrogens with zero attached hydrogens (tertiary/aromatic N) is 3. The monoisotopic (exact) mass is 355 g/mol. The summed E-state index contributed by atoms with van der Waals surface area (Å²) >= 11 is 0. The molecule has 3 rings (SSSR count). The summed E-state index contributed by atoms with van der Waals surface area (Å²) in [5, 5.41) is 12.1.